The van der Waals surface area contributed by atoms with E-state index in [-0.39, 0.29) is 23.2 Å². The molecule has 1 amide bonds. The Balaban J connectivity index is 1.59. The van der Waals surface area contributed by atoms with Crippen LogP contribution in [-0.4, -0.2) is 47.4 Å². The van der Waals surface area contributed by atoms with Crippen molar-refractivity contribution in [3.05, 3.63) is 76.6 Å². The van der Waals surface area contributed by atoms with E-state index in [1.807, 2.05) is 12.1 Å². The Morgan fingerprint density at radius 3 is 2.66 bits per heavy atom. The van der Waals surface area contributed by atoms with Gasteiger partial charge in [-0.3, -0.25) is 4.79 Å². The van der Waals surface area contributed by atoms with Gasteiger partial charge in [0.05, 0.1) is 37.7 Å². The monoisotopic (exact) mass is 465 g/mol. The van der Waals surface area contributed by atoms with Gasteiger partial charge in [-0.2, -0.15) is 18.3 Å². The number of hydrogen-bond donors (Lipinski definition) is 0. The van der Waals surface area contributed by atoms with Crippen LogP contribution in [-0.2, 0) is 10.9 Å². The van der Waals surface area contributed by atoms with E-state index in [0.29, 0.717) is 24.7 Å². The SMILES string of the molecule is COc1cn(-c2cccc(C(F)(F)F)c2)nc1C(=O)N1CCOC(c2ccc(Cl)cc2)C1. The van der Waals surface area contributed by atoms with Crippen molar-refractivity contribution in [2.45, 2.75) is 12.3 Å². The minimum absolute atomic E-state index is 0.0154. The maximum absolute atomic E-state index is 13.2. The van der Waals surface area contributed by atoms with Gasteiger partial charge < -0.3 is 14.4 Å². The molecular formula is C22H19ClF3N3O3. The number of aromatic nitrogens is 2. The number of methoxy groups -OCH3 is 1. The number of hydrogen-bond acceptors (Lipinski definition) is 4. The van der Waals surface area contributed by atoms with Crippen LogP contribution in [0.1, 0.15) is 27.7 Å². The van der Waals surface area contributed by atoms with Crippen LogP contribution in [0.15, 0.2) is 54.7 Å². The normalized spacial score (nSPS) is 16.8. The standard InChI is InChI=1S/C22H19ClF3N3O3/c1-31-19-13-29(17-4-2-3-15(11-17)22(24,25)26)27-20(19)21(30)28-9-10-32-18(12-28)14-5-7-16(23)8-6-14/h2-8,11,13,18H,9-10,12H2,1H3. The van der Waals surface area contributed by atoms with E-state index in [1.165, 1.54) is 30.1 Å². The fourth-order valence-electron chi connectivity index (χ4n) is 3.48. The number of nitrogens with zero attached hydrogens (tertiary/aromatic N) is 3. The molecular weight excluding hydrogens is 447 g/mol. The molecule has 168 valence electrons. The fourth-order valence-corrected chi connectivity index (χ4v) is 3.60. The fraction of sp³-hybridized carbons (Fsp3) is 0.273. The minimum atomic E-state index is -4.49. The number of amides is 1. The molecule has 1 aliphatic rings. The maximum atomic E-state index is 13.2. The summed E-state index contributed by atoms with van der Waals surface area (Å²) >= 11 is 5.94. The first-order chi connectivity index (χ1) is 15.3. The molecule has 0 saturated carbocycles. The molecule has 1 fully saturated rings. The quantitative estimate of drug-likeness (QED) is 0.557. The Bertz CT molecular complexity index is 1120. The molecule has 32 heavy (non-hydrogen) atoms. The second-order valence-corrected chi connectivity index (χ2v) is 7.64. The highest BCUT2D eigenvalue weighted by Crippen LogP contribution is 2.31. The Hall–Kier alpha value is -3.04. The summed E-state index contributed by atoms with van der Waals surface area (Å²) in [5.41, 5.74) is 0.254. The second kappa shape index (κ2) is 8.84. The van der Waals surface area contributed by atoms with Gasteiger partial charge in [0.25, 0.3) is 5.91 Å². The molecule has 0 radical (unpaired) electrons. The van der Waals surface area contributed by atoms with Gasteiger partial charge in [0.1, 0.15) is 6.10 Å². The van der Waals surface area contributed by atoms with Crippen molar-refractivity contribution < 1.29 is 27.4 Å². The number of rotatable bonds is 4. The van der Waals surface area contributed by atoms with Crippen LogP contribution in [0, 0.1) is 0 Å². The van der Waals surface area contributed by atoms with Gasteiger partial charge in [-0.25, -0.2) is 4.68 Å². The first-order valence-corrected chi connectivity index (χ1v) is 10.1. The van der Waals surface area contributed by atoms with Crippen LogP contribution in [0.25, 0.3) is 5.69 Å². The molecule has 1 aromatic heterocycles. The molecule has 0 aliphatic carbocycles. The van der Waals surface area contributed by atoms with Crippen LogP contribution in [0.5, 0.6) is 5.75 Å². The van der Waals surface area contributed by atoms with Crippen molar-refractivity contribution in [1.82, 2.24) is 14.7 Å². The van der Waals surface area contributed by atoms with Crippen molar-refractivity contribution in [2.24, 2.45) is 0 Å². The van der Waals surface area contributed by atoms with Gasteiger partial charge in [-0.1, -0.05) is 29.8 Å². The Labute approximate surface area is 187 Å². The molecule has 0 spiro atoms. The first-order valence-electron chi connectivity index (χ1n) is 9.74. The summed E-state index contributed by atoms with van der Waals surface area (Å²) in [6, 6.07) is 11.9. The average molecular weight is 466 g/mol. The third kappa shape index (κ3) is 4.58. The van der Waals surface area contributed by atoms with Gasteiger partial charge in [-0.05, 0) is 35.9 Å². The van der Waals surface area contributed by atoms with Crippen molar-refractivity contribution in [1.29, 1.82) is 0 Å². The molecule has 3 aromatic rings. The van der Waals surface area contributed by atoms with E-state index in [2.05, 4.69) is 5.10 Å². The van der Waals surface area contributed by atoms with Gasteiger partial charge >= 0.3 is 6.18 Å². The van der Waals surface area contributed by atoms with Crippen molar-refractivity contribution in [2.75, 3.05) is 26.8 Å². The Kier molecular flexibility index (Phi) is 6.12. The second-order valence-electron chi connectivity index (χ2n) is 7.20. The smallest absolute Gasteiger partial charge is 0.416 e. The number of morpholine rings is 1. The number of carbonyl (C=O) groups excluding carboxylic acids is 1. The van der Waals surface area contributed by atoms with Crippen molar-refractivity contribution >= 4 is 17.5 Å². The predicted octanol–water partition coefficient (Wildman–Crippen LogP) is 4.77. The molecule has 1 aliphatic heterocycles. The van der Waals surface area contributed by atoms with Crippen LogP contribution in [0.3, 0.4) is 0 Å². The highest BCUT2D eigenvalue weighted by Gasteiger charge is 2.32. The molecule has 6 nitrogen and oxygen atoms in total. The number of alkyl halides is 3. The third-order valence-corrected chi connectivity index (χ3v) is 5.39. The van der Waals surface area contributed by atoms with Gasteiger partial charge in [-0.15, -0.1) is 0 Å². The van der Waals surface area contributed by atoms with Gasteiger partial charge in [0.2, 0.25) is 0 Å². The molecule has 4 rings (SSSR count). The highest BCUT2D eigenvalue weighted by atomic mass is 35.5. The summed E-state index contributed by atoms with van der Waals surface area (Å²) in [5, 5.41) is 4.83. The summed E-state index contributed by atoms with van der Waals surface area (Å²) in [6.07, 6.45) is -3.43. The molecule has 1 unspecified atom stereocenters. The molecule has 0 bridgehead atoms. The van der Waals surface area contributed by atoms with E-state index in [1.54, 1.807) is 17.0 Å². The number of halogens is 4. The summed E-state index contributed by atoms with van der Waals surface area (Å²) in [7, 11) is 1.38. The highest BCUT2D eigenvalue weighted by molar-refractivity contribution is 6.30. The topological polar surface area (TPSA) is 56.6 Å². The number of carbonyl (C=O) groups is 1. The zero-order valence-corrected chi connectivity index (χ0v) is 17.7. The molecule has 2 aromatic carbocycles. The lowest BCUT2D eigenvalue weighted by atomic mass is 10.1. The number of benzene rings is 2. The van der Waals surface area contributed by atoms with Crippen molar-refractivity contribution in [3.8, 4) is 11.4 Å². The largest absolute Gasteiger partial charge is 0.493 e. The zero-order chi connectivity index (χ0) is 22.9. The minimum Gasteiger partial charge on any atom is -0.493 e. The maximum Gasteiger partial charge on any atom is 0.416 e. The van der Waals surface area contributed by atoms with Crippen LogP contribution in [0.4, 0.5) is 13.2 Å². The van der Waals surface area contributed by atoms with Crippen molar-refractivity contribution in [3.63, 3.8) is 0 Å². The lowest BCUT2D eigenvalue weighted by Crippen LogP contribution is -2.42. The molecule has 10 heteroatoms. The lowest BCUT2D eigenvalue weighted by molar-refractivity contribution is -0.137. The van der Waals surface area contributed by atoms with E-state index in [9.17, 15) is 18.0 Å². The Morgan fingerprint density at radius 2 is 1.97 bits per heavy atom. The van der Waals surface area contributed by atoms with E-state index < -0.39 is 17.6 Å². The lowest BCUT2D eigenvalue weighted by Gasteiger charge is -2.33. The summed E-state index contributed by atoms with van der Waals surface area (Å²) in [4.78, 5) is 14.8. The van der Waals surface area contributed by atoms with E-state index >= 15 is 0 Å². The van der Waals surface area contributed by atoms with Crippen LogP contribution >= 0.6 is 11.6 Å². The van der Waals surface area contributed by atoms with Gasteiger partial charge in [0, 0.05) is 11.6 Å². The summed E-state index contributed by atoms with van der Waals surface area (Å²) < 4.78 is 51.5. The molecule has 0 N–H and O–H groups in total. The first kappa shape index (κ1) is 22.2. The van der Waals surface area contributed by atoms with Crippen LogP contribution in [0.2, 0.25) is 5.02 Å². The summed E-state index contributed by atoms with van der Waals surface area (Å²) in [5.74, 6) is -0.225. The summed E-state index contributed by atoms with van der Waals surface area (Å²) in [6.45, 7) is 0.970. The van der Waals surface area contributed by atoms with Crippen LogP contribution < -0.4 is 4.74 Å². The average Bonchev–Trinajstić information content (AvgIpc) is 3.23. The van der Waals surface area contributed by atoms with E-state index in [4.69, 9.17) is 21.1 Å². The molecule has 1 saturated heterocycles. The Morgan fingerprint density at radius 1 is 1.22 bits per heavy atom. The predicted molar refractivity (Wildman–Crippen MR) is 111 cm³/mol. The zero-order valence-electron chi connectivity index (χ0n) is 17.0. The molecule has 2 heterocycles. The molecule has 1 atom stereocenters. The van der Waals surface area contributed by atoms with E-state index in [0.717, 1.165) is 17.7 Å². The van der Waals surface area contributed by atoms with Gasteiger partial charge in [0.15, 0.2) is 11.4 Å². The number of ether oxygens (including phenoxy) is 2. The third-order valence-electron chi connectivity index (χ3n) is 5.14.